The van der Waals surface area contributed by atoms with Crippen molar-refractivity contribution in [3.8, 4) is 0 Å². The van der Waals surface area contributed by atoms with Gasteiger partial charge in [-0.3, -0.25) is 4.84 Å². The molecule has 0 fully saturated rings. The maximum atomic E-state index is 12.6. The molecule has 0 N–H and O–H groups in total. The number of nitrogens with zero attached hydrogens (tertiary/aromatic N) is 1. The largest absolute Gasteiger partial charge is 0.408 e. The molecular formula is C7H9FNO+. The summed E-state index contributed by atoms with van der Waals surface area (Å²) < 4.78 is 13.7. The lowest BCUT2D eigenvalue weighted by atomic mass is 10.5. The highest BCUT2D eigenvalue weighted by atomic mass is 19.1. The maximum absolute atomic E-state index is 12.6. The highest BCUT2D eigenvalue weighted by molar-refractivity contribution is 4.85. The van der Waals surface area contributed by atoms with E-state index in [1.165, 1.54) is 12.3 Å². The Kier molecular flexibility index (Phi) is 2.20. The van der Waals surface area contributed by atoms with Gasteiger partial charge in [-0.15, -0.1) is 4.39 Å². The second-order valence-electron chi connectivity index (χ2n) is 1.77. The third kappa shape index (κ3) is 1.43. The molecule has 0 aliphatic rings. The normalized spacial score (nSPS) is 9.40. The number of pyridine rings is 1. The van der Waals surface area contributed by atoms with Gasteiger partial charge in [-0.2, -0.15) is 0 Å². The van der Waals surface area contributed by atoms with Crippen LogP contribution in [-0.4, -0.2) is 6.61 Å². The molecule has 54 valence electrons. The van der Waals surface area contributed by atoms with Crippen molar-refractivity contribution in [2.75, 3.05) is 6.61 Å². The van der Waals surface area contributed by atoms with Crippen LogP contribution in [0.25, 0.3) is 0 Å². The van der Waals surface area contributed by atoms with E-state index >= 15 is 0 Å². The summed E-state index contributed by atoms with van der Waals surface area (Å²) in [4.78, 5) is 4.88. The van der Waals surface area contributed by atoms with Crippen molar-refractivity contribution in [1.29, 1.82) is 0 Å². The summed E-state index contributed by atoms with van der Waals surface area (Å²) in [6.07, 6.45) is 1.53. The summed E-state index contributed by atoms with van der Waals surface area (Å²) in [5.41, 5.74) is 0. The highest BCUT2D eigenvalue weighted by Crippen LogP contribution is 1.84. The van der Waals surface area contributed by atoms with Crippen molar-refractivity contribution in [2.24, 2.45) is 0 Å². The van der Waals surface area contributed by atoms with Crippen LogP contribution < -0.4 is 9.57 Å². The number of halogens is 1. The van der Waals surface area contributed by atoms with Gasteiger partial charge in [0.1, 0.15) is 0 Å². The van der Waals surface area contributed by atoms with E-state index in [4.69, 9.17) is 4.84 Å². The second kappa shape index (κ2) is 3.15. The second-order valence-corrected chi connectivity index (χ2v) is 1.77. The molecule has 0 saturated heterocycles. The first kappa shape index (κ1) is 6.99. The Hall–Kier alpha value is -1.12. The van der Waals surface area contributed by atoms with Crippen LogP contribution in [0.3, 0.4) is 0 Å². The molecule has 0 atom stereocenters. The molecular weight excluding hydrogens is 133 g/mol. The Morgan fingerprint density at radius 3 is 3.00 bits per heavy atom. The minimum absolute atomic E-state index is 0.385. The maximum Gasteiger partial charge on any atom is 0.408 e. The van der Waals surface area contributed by atoms with Gasteiger partial charge in [-0.05, 0) is 13.0 Å². The smallest absolute Gasteiger partial charge is 0.269 e. The van der Waals surface area contributed by atoms with Crippen LogP contribution in [0.15, 0.2) is 24.4 Å². The topological polar surface area (TPSA) is 13.1 Å². The molecule has 0 amide bonds. The van der Waals surface area contributed by atoms with Crippen molar-refractivity contribution in [1.82, 2.24) is 0 Å². The quantitative estimate of drug-likeness (QED) is 0.434. The molecule has 10 heavy (non-hydrogen) atoms. The fourth-order valence-corrected chi connectivity index (χ4v) is 0.651. The fraction of sp³-hybridized carbons (Fsp3) is 0.286. The van der Waals surface area contributed by atoms with Crippen molar-refractivity contribution in [3.05, 3.63) is 30.3 Å². The molecule has 3 heteroatoms. The molecule has 0 unspecified atom stereocenters. The summed E-state index contributed by atoms with van der Waals surface area (Å²) in [7, 11) is 0. The van der Waals surface area contributed by atoms with E-state index in [2.05, 4.69) is 0 Å². The van der Waals surface area contributed by atoms with Crippen LogP contribution in [-0.2, 0) is 0 Å². The Bertz CT molecular complexity index is 215. The van der Waals surface area contributed by atoms with Crippen molar-refractivity contribution >= 4 is 0 Å². The average Bonchev–Trinajstić information content (AvgIpc) is 1.94. The predicted octanol–water partition coefficient (Wildman–Crippen LogP) is 0.562. The van der Waals surface area contributed by atoms with Gasteiger partial charge in [0, 0.05) is 16.9 Å². The van der Waals surface area contributed by atoms with E-state index in [-0.39, 0.29) is 5.95 Å². The van der Waals surface area contributed by atoms with Gasteiger partial charge in [0.15, 0.2) is 6.61 Å². The number of hydrogen-bond donors (Lipinski definition) is 0. The fourth-order valence-electron chi connectivity index (χ4n) is 0.651. The summed E-state index contributed by atoms with van der Waals surface area (Å²) in [6.45, 7) is 2.27. The molecule has 0 saturated carbocycles. The van der Waals surface area contributed by atoms with Gasteiger partial charge < -0.3 is 0 Å². The first-order chi connectivity index (χ1) is 4.84. The number of hydrogen-bond acceptors (Lipinski definition) is 1. The van der Waals surface area contributed by atoms with Gasteiger partial charge in [0.25, 0.3) is 0 Å². The van der Waals surface area contributed by atoms with E-state index < -0.39 is 0 Å². The van der Waals surface area contributed by atoms with Gasteiger partial charge in [-0.25, -0.2) is 0 Å². The number of aromatic nitrogens is 1. The van der Waals surface area contributed by atoms with Gasteiger partial charge in [0.05, 0.1) is 0 Å². The molecule has 0 bridgehead atoms. The molecule has 0 aliphatic heterocycles. The zero-order valence-corrected chi connectivity index (χ0v) is 5.75. The predicted molar refractivity (Wildman–Crippen MR) is 33.7 cm³/mol. The Morgan fingerprint density at radius 1 is 1.60 bits per heavy atom. The monoisotopic (exact) mass is 142 g/mol. The minimum atomic E-state index is -0.385. The van der Waals surface area contributed by atoms with E-state index in [1.807, 2.05) is 0 Å². The van der Waals surface area contributed by atoms with Gasteiger partial charge in [0.2, 0.25) is 6.20 Å². The SMILES string of the molecule is CCO[n+]1ccccc1F. The van der Waals surface area contributed by atoms with Gasteiger partial charge >= 0.3 is 5.95 Å². The van der Waals surface area contributed by atoms with Crippen LogP contribution in [0.1, 0.15) is 6.92 Å². The van der Waals surface area contributed by atoms with E-state index in [0.29, 0.717) is 6.61 Å². The molecule has 0 radical (unpaired) electrons. The summed E-state index contributed by atoms with van der Waals surface area (Å²) in [6, 6.07) is 4.67. The number of rotatable bonds is 2. The Labute approximate surface area is 58.8 Å². The van der Waals surface area contributed by atoms with E-state index in [0.717, 1.165) is 4.73 Å². The first-order valence-corrected chi connectivity index (χ1v) is 3.14. The molecule has 1 aromatic rings. The van der Waals surface area contributed by atoms with Gasteiger partial charge in [-0.1, -0.05) is 0 Å². The molecule has 0 spiro atoms. The van der Waals surface area contributed by atoms with Crippen LogP contribution >= 0.6 is 0 Å². The lowest BCUT2D eigenvalue weighted by Gasteiger charge is -1.92. The average molecular weight is 142 g/mol. The van der Waals surface area contributed by atoms with Crippen LogP contribution in [0.2, 0.25) is 0 Å². The molecule has 0 aliphatic carbocycles. The standard InChI is InChI=1S/C7H9FNO/c1-2-10-9-6-4-3-5-7(9)8/h3-6H,2H2,1H3/q+1. The van der Waals surface area contributed by atoms with Crippen LogP contribution in [0.4, 0.5) is 4.39 Å². The van der Waals surface area contributed by atoms with E-state index in [9.17, 15) is 4.39 Å². The lowest BCUT2D eigenvalue weighted by molar-refractivity contribution is -0.910. The van der Waals surface area contributed by atoms with Crippen LogP contribution in [0, 0.1) is 5.95 Å². The molecule has 1 aromatic heterocycles. The zero-order valence-electron chi connectivity index (χ0n) is 5.75. The van der Waals surface area contributed by atoms with Crippen molar-refractivity contribution < 1.29 is 14.0 Å². The third-order valence-electron chi connectivity index (χ3n) is 1.05. The highest BCUT2D eigenvalue weighted by Gasteiger charge is 2.06. The van der Waals surface area contributed by atoms with Crippen molar-refractivity contribution in [3.63, 3.8) is 0 Å². The Balaban J connectivity index is 2.81. The van der Waals surface area contributed by atoms with Crippen molar-refractivity contribution in [2.45, 2.75) is 6.92 Å². The lowest BCUT2D eigenvalue weighted by Crippen LogP contribution is -2.45. The Morgan fingerprint density at radius 2 is 2.40 bits per heavy atom. The summed E-state index contributed by atoms with van der Waals surface area (Å²) in [5, 5.41) is 0. The first-order valence-electron chi connectivity index (χ1n) is 3.14. The minimum Gasteiger partial charge on any atom is -0.269 e. The van der Waals surface area contributed by atoms with E-state index in [1.54, 1.807) is 19.1 Å². The summed E-state index contributed by atoms with van der Waals surface area (Å²) >= 11 is 0. The molecule has 1 rings (SSSR count). The molecule has 1 heterocycles. The molecule has 0 aromatic carbocycles. The summed E-state index contributed by atoms with van der Waals surface area (Å²) in [5.74, 6) is -0.385. The third-order valence-corrected chi connectivity index (χ3v) is 1.05. The molecule has 2 nitrogen and oxygen atoms in total. The zero-order chi connectivity index (χ0) is 7.40. The van der Waals surface area contributed by atoms with Crippen LogP contribution in [0.5, 0.6) is 0 Å².